The molecule has 2 unspecified atom stereocenters. The first-order chi connectivity index (χ1) is 8.49. The SMILES string of the molecule is CNC1C(c2cnc(Cl)c(OC)c2)CCC1(C)C. The topological polar surface area (TPSA) is 34.2 Å². The van der Waals surface area contributed by atoms with E-state index in [1.165, 1.54) is 18.4 Å². The Bertz CT molecular complexity index is 434. The van der Waals surface area contributed by atoms with Crippen molar-refractivity contribution in [3.05, 3.63) is 23.0 Å². The van der Waals surface area contributed by atoms with Crippen molar-refractivity contribution in [1.82, 2.24) is 10.3 Å². The molecule has 0 aromatic carbocycles. The lowest BCUT2D eigenvalue weighted by atomic mass is 9.83. The van der Waals surface area contributed by atoms with E-state index >= 15 is 0 Å². The number of nitrogens with one attached hydrogen (secondary N) is 1. The molecule has 1 aliphatic carbocycles. The number of ether oxygens (including phenoxy) is 1. The predicted octanol–water partition coefficient (Wildman–Crippen LogP) is 3.24. The maximum absolute atomic E-state index is 5.98. The molecule has 1 aromatic heterocycles. The molecular weight excluding hydrogens is 248 g/mol. The third-order valence-electron chi connectivity index (χ3n) is 4.13. The highest BCUT2D eigenvalue weighted by Gasteiger charge is 2.41. The Hall–Kier alpha value is -0.800. The number of halogens is 1. The van der Waals surface area contributed by atoms with E-state index in [0.717, 1.165) is 0 Å². The van der Waals surface area contributed by atoms with Gasteiger partial charge in [0.25, 0.3) is 0 Å². The molecule has 3 nitrogen and oxygen atoms in total. The summed E-state index contributed by atoms with van der Waals surface area (Å²) in [6, 6.07) is 2.48. The summed E-state index contributed by atoms with van der Waals surface area (Å²) < 4.78 is 5.25. The summed E-state index contributed by atoms with van der Waals surface area (Å²) in [5.41, 5.74) is 1.52. The van der Waals surface area contributed by atoms with Gasteiger partial charge in [-0.1, -0.05) is 25.4 Å². The zero-order valence-corrected chi connectivity index (χ0v) is 12.2. The lowest BCUT2D eigenvalue weighted by Gasteiger charge is -2.30. The smallest absolute Gasteiger partial charge is 0.171 e. The second-order valence-corrected chi connectivity index (χ2v) is 6.02. The normalized spacial score (nSPS) is 26.3. The van der Waals surface area contributed by atoms with Gasteiger partial charge < -0.3 is 10.1 Å². The van der Waals surface area contributed by atoms with Crippen LogP contribution >= 0.6 is 11.6 Å². The Balaban J connectivity index is 2.32. The molecule has 0 amide bonds. The van der Waals surface area contributed by atoms with Gasteiger partial charge in [0.1, 0.15) is 0 Å². The minimum atomic E-state index is 0.312. The van der Waals surface area contributed by atoms with E-state index in [-0.39, 0.29) is 0 Å². The van der Waals surface area contributed by atoms with Crippen LogP contribution in [-0.4, -0.2) is 25.2 Å². The molecule has 1 saturated carbocycles. The third kappa shape index (κ3) is 2.34. The van der Waals surface area contributed by atoms with Crippen LogP contribution in [0.15, 0.2) is 12.3 Å². The molecule has 1 N–H and O–H groups in total. The van der Waals surface area contributed by atoms with Crippen molar-refractivity contribution < 1.29 is 4.74 Å². The first kappa shape index (κ1) is 13.6. The summed E-state index contributed by atoms with van der Waals surface area (Å²) in [6.45, 7) is 4.63. The number of hydrogen-bond acceptors (Lipinski definition) is 3. The fraction of sp³-hybridized carbons (Fsp3) is 0.643. The van der Waals surface area contributed by atoms with E-state index in [2.05, 4.69) is 24.1 Å². The first-order valence-electron chi connectivity index (χ1n) is 6.36. The van der Waals surface area contributed by atoms with E-state index in [4.69, 9.17) is 16.3 Å². The van der Waals surface area contributed by atoms with Crippen molar-refractivity contribution in [3.8, 4) is 5.75 Å². The van der Waals surface area contributed by atoms with E-state index in [1.807, 2.05) is 19.3 Å². The zero-order valence-electron chi connectivity index (χ0n) is 11.5. The molecule has 1 heterocycles. The highest BCUT2D eigenvalue weighted by molar-refractivity contribution is 6.30. The molecule has 0 saturated heterocycles. The van der Waals surface area contributed by atoms with Crippen molar-refractivity contribution in [2.24, 2.45) is 5.41 Å². The highest BCUT2D eigenvalue weighted by Crippen LogP contribution is 2.46. The van der Waals surface area contributed by atoms with E-state index in [1.54, 1.807) is 7.11 Å². The van der Waals surface area contributed by atoms with Crippen LogP contribution in [0, 0.1) is 5.41 Å². The Morgan fingerprint density at radius 2 is 2.22 bits per heavy atom. The Kier molecular flexibility index (Phi) is 3.83. The highest BCUT2D eigenvalue weighted by atomic mass is 35.5. The second kappa shape index (κ2) is 5.06. The number of nitrogens with zero attached hydrogens (tertiary/aromatic N) is 1. The average molecular weight is 269 g/mol. The standard InChI is InChI=1S/C14H21ClN2O/c1-14(2)6-5-10(12(14)16-3)9-7-11(18-4)13(15)17-8-9/h7-8,10,12,16H,5-6H2,1-4H3. The Labute approximate surface area is 114 Å². The molecule has 0 bridgehead atoms. The molecule has 2 atom stereocenters. The summed E-state index contributed by atoms with van der Waals surface area (Å²) in [6.07, 6.45) is 4.26. The van der Waals surface area contributed by atoms with Crippen LogP contribution in [0.2, 0.25) is 5.15 Å². The summed E-state index contributed by atoms with van der Waals surface area (Å²) in [5.74, 6) is 1.14. The molecule has 2 rings (SSSR count). The van der Waals surface area contributed by atoms with Gasteiger partial charge in [-0.15, -0.1) is 0 Å². The Morgan fingerprint density at radius 1 is 1.50 bits per heavy atom. The monoisotopic (exact) mass is 268 g/mol. The van der Waals surface area contributed by atoms with Crippen LogP contribution in [0.3, 0.4) is 0 Å². The van der Waals surface area contributed by atoms with E-state index in [9.17, 15) is 0 Å². The minimum Gasteiger partial charge on any atom is -0.494 e. The third-order valence-corrected chi connectivity index (χ3v) is 4.41. The molecule has 1 aliphatic rings. The summed E-state index contributed by atoms with van der Waals surface area (Å²) >= 11 is 5.98. The quantitative estimate of drug-likeness (QED) is 0.855. The fourth-order valence-corrected chi connectivity index (χ4v) is 3.31. The molecule has 4 heteroatoms. The van der Waals surface area contributed by atoms with E-state index < -0.39 is 0 Å². The average Bonchev–Trinajstić information content (AvgIpc) is 2.65. The molecule has 0 aliphatic heterocycles. The summed E-state index contributed by atoms with van der Waals surface area (Å²) in [4.78, 5) is 4.22. The van der Waals surface area contributed by atoms with Crippen LogP contribution in [0.25, 0.3) is 0 Å². The van der Waals surface area contributed by atoms with Crippen LogP contribution in [-0.2, 0) is 0 Å². The molecule has 0 radical (unpaired) electrons. The largest absolute Gasteiger partial charge is 0.494 e. The molecule has 18 heavy (non-hydrogen) atoms. The maximum atomic E-state index is 5.98. The lowest BCUT2D eigenvalue weighted by molar-refractivity contribution is 0.285. The number of methoxy groups -OCH3 is 1. The van der Waals surface area contributed by atoms with Gasteiger partial charge in [0.15, 0.2) is 10.9 Å². The Morgan fingerprint density at radius 3 is 2.83 bits per heavy atom. The van der Waals surface area contributed by atoms with Gasteiger partial charge in [0, 0.05) is 18.2 Å². The number of hydrogen-bond donors (Lipinski definition) is 1. The fourth-order valence-electron chi connectivity index (χ4n) is 3.13. The van der Waals surface area contributed by atoms with Crippen molar-refractivity contribution in [1.29, 1.82) is 0 Å². The van der Waals surface area contributed by atoms with Gasteiger partial charge in [0.2, 0.25) is 0 Å². The van der Waals surface area contributed by atoms with Crippen LogP contribution in [0.5, 0.6) is 5.75 Å². The van der Waals surface area contributed by atoms with Gasteiger partial charge in [-0.2, -0.15) is 0 Å². The molecule has 100 valence electrons. The summed E-state index contributed by atoms with van der Waals surface area (Å²) in [5, 5.41) is 3.88. The van der Waals surface area contributed by atoms with Gasteiger partial charge in [-0.3, -0.25) is 0 Å². The van der Waals surface area contributed by atoms with Crippen LogP contribution in [0.1, 0.15) is 38.2 Å². The molecular formula is C14H21ClN2O. The maximum Gasteiger partial charge on any atom is 0.171 e. The van der Waals surface area contributed by atoms with Gasteiger partial charge in [-0.05, 0) is 36.9 Å². The summed E-state index contributed by atoms with van der Waals surface area (Å²) in [7, 11) is 3.66. The zero-order chi connectivity index (χ0) is 13.3. The predicted molar refractivity (Wildman–Crippen MR) is 74.4 cm³/mol. The van der Waals surface area contributed by atoms with Crippen molar-refractivity contribution in [2.45, 2.75) is 38.6 Å². The number of rotatable bonds is 3. The number of aromatic nitrogens is 1. The first-order valence-corrected chi connectivity index (χ1v) is 6.74. The number of likely N-dealkylation sites (N-methyl/N-ethyl adjacent to an activating group) is 1. The molecule has 1 aromatic rings. The van der Waals surface area contributed by atoms with Crippen LogP contribution in [0.4, 0.5) is 0 Å². The minimum absolute atomic E-state index is 0.312. The lowest BCUT2D eigenvalue weighted by Crippen LogP contribution is -2.38. The second-order valence-electron chi connectivity index (χ2n) is 5.66. The molecule has 0 spiro atoms. The van der Waals surface area contributed by atoms with Crippen molar-refractivity contribution >= 4 is 11.6 Å². The van der Waals surface area contributed by atoms with E-state index in [0.29, 0.717) is 28.3 Å². The van der Waals surface area contributed by atoms with Crippen molar-refractivity contribution in [2.75, 3.05) is 14.2 Å². The number of pyridine rings is 1. The van der Waals surface area contributed by atoms with Crippen molar-refractivity contribution in [3.63, 3.8) is 0 Å². The van der Waals surface area contributed by atoms with Crippen LogP contribution < -0.4 is 10.1 Å². The molecule has 1 fully saturated rings. The van der Waals surface area contributed by atoms with Gasteiger partial charge in [-0.25, -0.2) is 4.98 Å². The van der Waals surface area contributed by atoms with Gasteiger partial charge >= 0.3 is 0 Å². The van der Waals surface area contributed by atoms with Gasteiger partial charge in [0.05, 0.1) is 7.11 Å².